The van der Waals surface area contributed by atoms with Crippen LogP contribution in [0, 0.1) is 0 Å². The average molecular weight is 385 g/mol. The predicted molar refractivity (Wildman–Crippen MR) is 88.7 cm³/mol. The quantitative estimate of drug-likeness (QED) is 0.488. The van der Waals surface area contributed by atoms with Crippen LogP contribution in [-0.2, 0) is 9.59 Å². The van der Waals surface area contributed by atoms with Crippen molar-refractivity contribution in [1.29, 1.82) is 0 Å². The lowest BCUT2D eigenvalue weighted by Crippen LogP contribution is -2.52. The summed E-state index contributed by atoms with van der Waals surface area (Å²) in [6.45, 7) is 0. The molecule has 0 atom stereocenters. The number of hydrogen-bond acceptors (Lipinski definition) is 5. The average Bonchev–Trinajstić information content (AvgIpc) is 2.48. The van der Waals surface area contributed by atoms with E-state index in [1.165, 1.54) is 32.2 Å². The summed E-state index contributed by atoms with van der Waals surface area (Å²) in [6.07, 6.45) is 1.47. The van der Waals surface area contributed by atoms with Crippen molar-refractivity contribution in [2.24, 2.45) is 0 Å². The summed E-state index contributed by atoms with van der Waals surface area (Å²) in [7, 11) is 4.53. The van der Waals surface area contributed by atoms with Gasteiger partial charge in [0.15, 0.2) is 16.6 Å². The lowest BCUT2D eigenvalue weighted by Gasteiger charge is -2.25. The molecule has 2 rings (SSSR count). The molecule has 116 valence electrons. The Hall–Kier alpha value is -1.93. The number of hydrogen-bond donors (Lipinski definition) is 1. The van der Waals surface area contributed by atoms with E-state index >= 15 is 0 Å². The van der Waals surface area contributed by atoms with Crippen LogP contribution >= 0.6 is 28.1 Å². The highest BCUT2D eigenvalue weighted by atomic mass is 79.9. The van der Waals surface area contributed by atoms with Crippen molar-refractivity contribution in [3.63, 3.8) is 0 Å². The topological polar surface area (TPSA) is 67.9 Å². The van der Waals surface area contributed by atoms with Crippen molar-refractivity contribution in [3.8, 4) is 11.5 Å². The predicted octanol–water partition coefficient (Wildman–Crippen LogP) is 1.72. The number of methoxy groups -OCH3 is 2. The molecule has 6 nitrogen and oxygen atoms in total. The summed E-state index contributed by atoms with van der Waals surface area (Å²) in [5, 5.41) is 2.54. The zero-order chi connectivity index (χ0) is 16.4. The summed E-state index contributed by atoms with van der Waals surface area (Å²) in [6, 6.07) is 3.39. The lowest BCUT2D eigenvalue weighted by molar-refractivity contribution is -0.128. The standard InChI is InChI=1S/C14H13BrN2O4S/c1-17-13(19)8(12(18)16-14(17)22)4-7-5-9(15)11(21-3)10(6-7)20-2/h4-6H,1-3H3,(H,16,18,22)/b8-4-. The van der Waals surface area contributed by atoms with Gasteiger partial charge in [-0.05, 0) is 51.9 Å². The third-order valence-corrected chi connectivity index (χ3v) is 4.04. The molecule has 0 radical (unpaired) electrons. The second kappa shape index (κ2) is 6.45. The molecular formula is C14H13BrN2O4S. The zero-order valence-corrected chi connectivity index (χ0v) is 14.5. The van der Waals surface area contributed by atoms with Crippen LogP contribution in [0.4, 0.5) is 0 Å². The van der Waals surface area contributed by atoms with Gasteiger partial charge in [0.1, 0.15) is 5.57 Å². The number of carbonyl (C=O) groups is 2. The fourth-order valence-corrected chi connectivity index (χ4v) is 2.73. The second-order valence-electron chi connectivity index (χ2n) is 4.42. The van der Waals surface area contributed by atoms with Crippen LogP contribution in [0.2, 0.25) is 0 Å². The van der Waals surface area contributed by atoms with E-state index in [1.54, 1.807) is 12.1 Å². The lowest BCUT2D eigenvalue weighted by atomic mass is 10.1. The Labute approximate surface area is 141 Å². The second-order valence-corrected chi connectivity index (χ2v) is 5.66. The fraction of sp³-hybridized carbons (Fsp3) is 0.214. The number of nitrogens with zero attached hydrogens (tertiary/aromatic N) is 1. The number of ether oxygens (including phenoxy) is 2. The van der Waals surface area contributed by atoms with Crippen LogP contribution in [0.15, 0.2) is 22.2 Å². The van der Waals surface area contributed by atoms with Crippen LogP contribution in [0.3, 0.4) is 0 Å². The largest absolute Gasteiger partial charge is 0.493 e. The number of halogens is 1. The van der Waals surface area contributed by atoms with Gasteiger partial charge in [-0.25, -0.2) is 0 Å². The maximum atomic E-state index is 12.2. The summed E-state index contributed by atoms with van der Waals surface area (Å²) in [4.78, 5) is 25.3. The maximum Gasteiger partial charge on any atom is 0.265 e. The third-order valence-electron chi connectivity index (χ3n) is 3.07. The number of likely N-dealkylation sites (N-methyl/N-ethyl adjacent to an activating group) is 1. The highest BCUT2D eigenvalue weighted by Crippen LogP contribution is 2.36. The van der Waals surface area contributed by atoms with Crippen molar-refractivity contribution in [2.75, 3.05) is 21.3 Å². The van der Waals surface area contributed by atoms with Crippen LogP contribution in [0.25, 0.3) is 6.08 Å². The van der Waals surface area contributed by atoms with Crippen molar-refractivity contribution < 1.29 is 19.1 Å². The van der Waals surface area contributed by atoms with Crippen molar-refractivity contribution >= 4 is 51.2 Å². The van der Waals surface area contributed by atoms with E-state index in [4.69, 9.17) is 21.7 Å². The van der Waals surface area contributed by atoms with Gasteiger partial charge in [-0.3, -0.25) is 19.8 Å². The molecule has 1 aliphatic heterocycles. The molecule has 0 unspecified atom stereocenters. The van der Waals surface area contributed by atoms with Gasteiger partial charge in [-0.1, -0.05) is 0 Å². The van der Waals surface area contributed by atoms with Crippen LogP contribution < -0.4 is 14.8 Å². The molecule has 0 saturated carbocycles. The van der Waals surface area contributed by atoms with Gasteiger partial charge in [0, 0.05) is 7.05 Å². The molecule has 1 aromatic carbocycles. The van der Waals surface area contributed by atoms with Gasteiger partial charge >= 0.3 is 0 Å². The van der Waals surface area contributed by atoms with Crippen molar-refractivity contribution in [2.45, 2.75) is 0 Å². The monoisotopic (exact) mass is 384 g/mol. The molecule has 0 aromatic heterocycles. The van der Waals surface area contributed by atoms with Crippen LogP contribution in [-0.4, -0.2) is 43.1 Å². The summed E-state index contributed by atoms with van der Waals surface area (Å²) in [5.41, 5.74) is 0.611. The van der Waals surface area contributed by atoms with E-state index in [0.717, 1.165) is 0 Å². The minimum atomic E-state index is -0.529. The molecule has 1 aromatic rings. The summed E-state index contributed by atoms with van der Waals surface area (Å²) in [5.74, 6) is 0.0253. The van der Waals surface area contributed by atoms with E-state index in [1.807, 2.05) is 0 Å². The molecule has 0 aliphatic carbocycles. The highest BCUT2D eigenvalue weighted by molar-refractivity contribution is 9.10. The van der Waals surface area contributed by atoms with Gasteiger partial charge < -0.3 is 9.47 Å². The SMILES string of the molecule is COc1cc(/C=C2/C(=O)NC(=S)N(C)C2=O)cc(Br)c1OC. The molecule has 1 saturated heterocycles. The van der Waals surface area contributed by atoms with E-state index in [9.17, 15) is 9.59 Å². The number of amides is 2. The number of thiocarbonyl (C=S) groups is 1. The summed E-state index contributed by atoms with van der Waals surface area (Å²) >= 11 is 8.26. The molecule has 1 fully saturated rings. The van der Waals surface area contributed by atoms with E-state index < -0.39 is 11.8 Å². The van der Waals surface area contributed by atoms with Gasteiger partial charge in [-0.15, -0.1) is 0 Å². The Morgan fingerprint density at radius 2 is 1.95 bits per heavy atom. The molecule has 8 heteroatoms. The zero-order valence-electron chi connectivity index (χ0n) is 12.1. The van der Waals surface area contributed by atoms with Gasteiger partial charge in [0.2, 0.25) is 0 Å². The molecule has 0 bridgehead atoms. The van der Waals surface area contributed by atoms with Gasteiger partial charge in [0.25, 0.3) is 11.8 Å². The Morgan fingerprint density at radius 1 is 1.27 bits per heavy atom. The molecule has 1 N–H and O–H groups in total. The minimum absolute atomic E-state index is 0.00443. The number of benzene rings is 1. The fourth-order valence-electron chi connectivity index (χ4n) is 1.93. The molecule has 0 spiro atoms. The third kappa shape index (κ3) is 2.97. The van der Waals surface area contributed by atoms with E-state index in [2.05, 4.69) is 21.2 Å². The van der Waals surface area contributed by atoms with Crippen LogP contribution in [0.5, 0.6) is 11.5 Å². The van der Waals surface area contributed by atoms with Crippen molar-refractivity contribution in [1.82, 2.24) is 10.2 Å². The van der Waals surface area contributed by atoms with Gasteiger partial charge in [-0.2, -0.15) is 0 Å². The number of rotatable bonds is 3. The minimum Gasteiger partial charge on any atom is -0.493 e. The number of nitrogens with one attached hydrogen (secondary N) is 1. The molecule has 22 heavy (non-hydrogen) atoms. The number of carbonyl (C=O) groups excluding carboxylic acids is 2. The molecule has 1 heterocycles. The van der Waals surface area contributed by atoms with Gasteiger partial charge in [0.05, 0.1) is 18.7 Å². The first-order valence-corrected chi connectivity index (χ1v) is 7.35. The van der Waals surface area contributed by atoms with Crippen molar-refractivity contribution in [3.05, 3.63) is 27.7 Å². The Balaban J connectivity index is 2.48. The molecule has 1 aliphatic rings. The first kappa shape index (κ1) is 16.4. The smallest absolute Gasteiger partial charge is 0.265 e. The molecular weight excluding hydrogens is 372 g/mol. The summed E-state index contributed by atoms with van der Waals surface area (Å²) < 4.78 is 11.1. The Kier molecular flexibility index (Phi) is 4.82. The first-order chi connectivity index (χ1) is 10.4. The Morgan fingerprint density at radius 3 is 2.55 bits per heavy atom. The van der Waals surface area contributed by atoms with E-state index in [-0.39, 0.29) is 10.7 Å². The molecule has 2 amide bonds. The normalized spacial score (nSPS) is 16.8. The van der Waals surface area contributed by atoms with Crippen LogP contribution in [0.1, 0.15) is 5.56 Å². The first-order valence-electron chi connectivity index (χ1n) is 6.15. The van der Waals surface area contributed by atoms with E-state index in [0.29, 0.717) is 21.5 Å². The maximum absolute atomic E-state index is 12.2. The highest BCUT2D eigenvalue weighted by Gasteiger charge is 2.30. The Bertz CT molecular complexity index is 702.